The molecular weight excluding hydrogens is 336 g/mol. The standard InChI is InChI=1S/C19H23ClN4O/c1-23-12-14(9-22-23)16-10-21-11-17(16)19(25)24-7-3-6-18(24)13-4-2-5-15(20)8-13/h2,4-5,8-9,12,16-18,21H,3,6-7,10-11H2,1H3/t16-,17+,18?/m1/s1. The Hall–Kier alpha value is -1.85. The average molecular weight is 359 g/mol. The Morgan fingerprint density at radius 1 is 1.32 bits per heavy atom. The fraction of sp³-hybridized carbons (Fsp3) is 0.474. The molecule has 2 aromatic rings. The highest BCUT2D eigenvalue weighted by atomic mass is 35.5. The minimum absolute atomic E-state index is 0.0241. The molecule has 4 rings (SSSR count). The van der Waals surface area contributed by atoms with Crippen LogP contribution in [0.1, 0.15) is 35.9 Å². The molecule has 132 valence electrons. The van der Waals surface area contributed by atoms with Gasteiger partial charge in [0, 0.05) is 43.8 Å². The van der Waals surface area contributed by atoms with Gasteiger partial charge in [-0.3, -0.25) is 9.48 Å². The summed E-state index contributed by atoms with van der Waals surface area (Å²) in [6.45, 7) is 2.39. The SMILES string of the molecule is Cn1cc([C@H]2CNC[C@@H]2C(=O)N2CCCC2c2cccc(Cl)c2)cn1. The van der Waals surface area contributed by atoms with E-state index in [2.05, 4.69) is 21.4 Å². The fourth-order valence-electron chi connectivity index (χ4n) is 4.22. The van der Waals surface area contributed by atoms with Crippen LogP contribution in [0.4, 0.5) is 0 Å². The van der Waals surface area contributed by atoms with Crippen LogP contribution in [0, 0.1) is 5.92 Å². The third kappa shape index (κ3) is 3.18. The average Bonchev–Trinajstić information content (AvgIpc) is 3.34. The van der Waals surface area contributed by atoms with Gasteiger partial charge in [-0.15, -0.1) is 0 Å². The number of halogens is 1. The molecule has 0 saturated carbocycles. The number of hydrogen-bond acceptors (Lipinski definition) is 3. The minimum Gasteiger partial charge on any atom is -0.335 e. The normalized spacial score (nSPS) is 26.3. The van der Waals surface area contributed by atoms with Crippen molar-refractivity contribution >= 4 is 17.5 Å². The maximum Gasteiger partial charge on any atom is 0.228 e. The summed E-state index contributed by atoms with van der Waals surface area (Å²) in [5.74, 6) is 0.423. The van der Waals surface area contributed by atoms with Gasteiger partial charge in [-0.25, -0.2) is 0 Å². The van der Waals surface area contributed by atoms with Crippen LogP contribution in [0.5, 0.6) is 0 Å². The first-order valence-electron chi connectivity index (χ1n) is 8.88. The molecule has 1 aromatic carbocycles. The molecule has 2 fully saturated rings. The van der Waals surface area contributed by atoms with Crippen LogP contribution in [-0.2, 0) is 11.8 Å². The van der Waals surface area contributed by atoms with Crippen molar-refractivity contribution < 1.29 is 4.79 Å². The second kappa shape index (κ2) is 6.81. The van der Waals surface area contributed by atoms with E-state index in [1.54, 1.807) is 4.68 Å². The summed E-state index contributed by atoms with van der Waals surface area (Å²) >= 11 is 6.16. The predicted octanol–water partition coefficient (Wildman–Crippen LogP) is 2.74. The lowest BCUT2D eigenvalue weighted by Gasteiger charge is -2.29. The number of carbonyl (C=O) groups is 1. The molecule has 6 heteroatoms. The second-order valence-electron chi connectivity index (χ2n) is 7.06. The first-order chi connectivity index (χ1) is 12.1. The first kappa shape index (κ1) is 16.6. The number of rotatable bonds is 3. The topological polar surface area (TPSA) is 50.2 Å². The zero-order chi connectivity index (χ0) is 17.4. The van der Waals surface area contributed by atoms with Gasteiger partial charge in [0.2, 0.25) is 5.91 Å². The van der Waals surface area contributed by atoms with Gasteiger partial charge >= 0.3 is 0 Å². The van der Waals surface area contributed by atoms with Gasteiger partial charge in [-0.2, -0.15) is 5.10 Å². The molecule has 0 bridgehead atoms. The molecule has 0 aliphatic carbocycles. The number of nitrogens with one attached hydrogen (secondary N) is 1. The maximum atomic E-state index is 13.3. The van der Waals surface area contributed by atoms with Crippen molar-refractivity contribution in [3.05, 3.63) is 52.8 Å². The second-order valence-corrected chi connectivity index (χ2v) is 7.50. The van der Waals surface area contributed by atoms with E-state index in [0.717, 1.165) is 48.6 Å². The van der Waals surface area contributed by atoms with Crippen LogP contribution < -0.4 is 5.32 Å². The molecule has 25 heavy (non-hydrogen) atoms. The van der Waals surface area contributed by atoms with Gasteiger partial charge in [0.25, 0.3) is 0 Å². The molecule has 5 nitrogen and oxygen atoms in total. The van der Waals surface area contributed by atoms with Crippen molar-refractivity contribution in [1.29, 1.82) is 0 Å². The highest BCUT2D eigenvalue weighted by molar-refractivity contribution is 6.30. The van der Waals surface area contributed by atoms with E-state index in [0.29, 0.717) is 0 Å². The molecule has 0 radical (unpaired) electrons. The van der Waals surface area contributed by atoms with Gasteiger partial charge in [0.15, 0.2) is 0 Å². The molecule has 0 spiro atoms. The molecule has 1 aromatic heterocycles. The Kier molecular flexibility index (Phi) is 4.52. The lowest BCUT2D eigenvalue weighted by Crippen LogP contribution is -2.38. The van der Waals surface area contributed by atoms with Gasteiger partial charge in [-0.1, -0.05) is 23.7 Å². The summed E-state index contributed by atoms with van der Waals surface area (Å²) in [5, 5.41) is 8.40. The Balaban J connectivity index is 1.56. The van der Waals surface area contributed by atoms with Crippen LogP contribution in [0.25, 0.3) is 0 Å². The van der Waals surface area contributed by atoms with Gasteiger partial charge in [0.1, 0.15) is 0 Å². The number of likely N-dealkylation sites (tertiary alicyclic amines) is 1. The van der Waals surface area contributed by atoms with Gasteiger partial charge in [-0.05, 0) is 36.1 Å². The van der Waals surface area contributed by atoms with E-state index in [9.17, 15) is 4.79 Å². The number of amides is 1. The van der Waals surface area contributed by atoms with Crippen LogP contribution in [0.3, 0.4) is 0 Å². The number of hydrogen-bond donors (Lipinski definition) is 1. The zero-order valence-electron chi connectivity index (χ0n) is 14.4. The van der Waals surface area contributed by atoms with Crippen molar-refractivity contribution in [2.75, 3.05) is 19.6 Å². The molecule has 1 unspecified atom stereocenters. The number of aryl methyl sites for hydroxylation is 1. The lowest BCUT2D eigenvalue weighted by molar-refractivity contribution is -0.136. The Morgan fingerprint density at radius 3 is 2.96 bits per heavy atom. The summed E-state index contributed by atoms with van der Waals surface area (Å²) in [7, 11) is 1.92. The van der Waals surface area contributed by atoms with Crippen LogP contribution in [0.15, 0.2) is 36.7 Å². The smallest absolute Gasteiger partial charge is 0.228 e. The quantitative estimate of drug-likeness (QED) is 0.917. The Labute approximate surface area is 153 Å². The molecule has 3 atom stereocenters. The van der Waals surface area contributed by atoms with E-state index >= 15 is 0 Å². The molecular formula is C19H23ClN4O. The van der Waals surface area contributed by atoms with E-state index in [1.165, 1.54) is 0 Å². The lowest BCUT2D eigenvalue weighted by atomic mass is 9.89. The first-order valence-corrected chi connectivity index (χ1v) is 9.26. The fourth-order valence-corrected chi connectivity index (χ4v) is 4.42. The van der Waals surface area contributed by atoms with Crippen molar-refractivity contribution in [3.8, 4) is 0 Å². The van der Waals surface area contributed by atoms with Crippen molar-refractivity contribution in [1.82, 2.24) is 20.0 Å². The van der Waals surface area contributed by atoms with E-state index in [-0.39, 0.29) is 23.8 Å². The number of nitrogens with zero attached hydrogens (tertiary/aromatic N) is 3. The monoisotopic (exact) mass is 358 g/mol. The summed E-state index contributed by atoms with van der Waals surface area (Å²) in [6.07, 6.45) is 5.96. The highest BCUT2D eigenvalue weighted by Gasteiger charge is 2.40. The summed E-state index contributed by atoms with van der Waals surface area (Å²) < 4.78 is 1.81. The zero-order valence-corrected chi connectivity index (χ0v) is 15.1. The van der Waals surface area contributed by atoms with Crippen molar-refractivity contribution in [2.45, 2.75) is 24.8 Å². The Bertz CT molecular complexity index is 774. The van der Waals surface area contributed by atoms with Crippen LogP contribution in [-0.4, -0.2) is 40.2 Å². The molecule has 2 aliphatic rings. The van der Waals surface area contributed by atoms with Crippen LogP contribution >= 0.6 is 11.6 Å². The maximum absolute atomic E-state index is 13.3. The summed E-state index contributed by atoms with van der Waals surface area (Å²) in [6, 6.07) is 8.05. The predicted molar refractivity (Wildman–Crippen MR) is 97.4 cm³/mol. The molecule has 2 aliphatic heterocycles. The summed E-state index contributed by atoms with van der Waals surface area (Å²) in [4.78, 5) is 15.4. The number of benzene rings is 1. The molecule has 3 heterocycles. The van der Waals surface area contributed by atoms with E-state index in [4.69, 9.17) is 11.6 Å². The number of carbonyl (C=O) groups excluding carboxylic acids is 1. The number of aromatic nitrogens is 2. The Morgan fingerprint density at radius 2 is 2.20 bits per heavy atom. The van der Waals surface area contributed by atoms with Crippen molar-refractivity contribution in [2.24, 2.45) is 13.0 Å². The molecule has 1 N–H and O–H groups in total. The van der Waals surface area contributed by atoms with E-state index < -0.39 is 0 Å². The minimum atomic E-state index is -0.0241. The molecule has 2 saturated heterocycles. The third-order valence-electron chi connectivity index (χ3n) is 5.45. The largest absolute Gasteiger partial charge is 0.335 e. The van der Waals surface area contributed by atoms with Gasteiger partial charge < -0.3 is 10.2 Å². The molecule has 1 amide bonds. The third-order valence-corrected chi connectivity index (χ3v) is 5.69. The summed E-state index contributed by atoms with van der Waals surface area (Å²) in [5.41, 5.74) is 2.28. The van der Waals surface area contributed by atoms with Gasteiger partial charge in [0.05, 0.1) is 18.2 Å². The van der Waals surface area contributed by atoms with E-state index in [1.807, 2.05) is 37.6 Å². The van der Waals surface area contributed by atoms with Crippen LogP contribution in [0.2, 0.25) is 5.02 Å². The van der Waals surface area contributed by atoms with Crippen molar-refractivity contribution in [3.63, 3.8) is 0 Å². The highest BCUT2D eigenvalue weighted by Crippen LogP contribution is 2.37.